The van der Waals surface area contributed by atoms with Crippen molar-refractivity contribution in [3.8, 4) is 5.75 Å². The van der Waals surface area contributed by atoms with Gasteiger partial charge in [-0.15, -0.1) is 0 Å². The summed E-state index contributed by atoms with van der Waals surface area (Å²) in [6.07, 6.45) is 3.35. The lowest BCUT2D eigenvalue weighted by molar-refractivity contribution is 0.0865. The molecule has 4 heteroatoms. The molecule has 116 valence electrons. The summed E-state index contributed by atoms with van der Waals surface area (Å²) >= 11 is 0. The molecule has 2 rings (SSSR count). The van der Waals surface area contributed by atoms with Crippen LogP contribution in [0.5, 0.6) is 5.75 Å². The smallest absolute Gasteiger partial charge is 0.176 e. The zero-order valence-corrected chi connectivity index (χ0v) is 13.1. The molecule has 1 aromatic rings. The van der Waals surface area contributed by atoms with Gasteiger partial charge in [0.15, 0.2) is 5.78 Å². The Morgan fingerprint density at radius 2 is 1.95 bits per heavy atom. The van der Waals surface area contributed by atoms with E-state index in [1.807, 2.05) is 24.3 Å². The molecular formula is C17H26N2O2. The van der Waals surface area contributed by atoms with Crippen LogP contribution in [-0.2, 0) is 0 Å². The molecule has 21 heavy (non-hydrogen) atoms. The topological polar surface area (TPSA) is 41.6 Å². The van der Waals surface area contributed by atoms with E-state index in [1.54, 1.807) is 7.11 Å². The Balaban J connectivity index is 1.99. The Kier molecular flexibility index (Phi) is 6.21. The summed E-state index contributed by atoms with van der Waals surface area (Å²) < 4.78 is 5.14. The van der Waals surface area contributed by atoms with Crippen LogP contribution in [0.2, 0.25) is 0 Å². The number of hydrogen-bond acceptors (Lipinski definition) is 4. The van der Waals surface area contributed by atoms with E-state index in [4.69, 9.17) is 4.74 Å². The average Bonchev–Trinajstić information content (AvgIpc) is 2.55. The van der Waals surface area contributed by atoms with Crippen molar-refractivity contribution in [3.05, 3.63) is 29.8 Å². The summed E-state index contributed by atoms with van der Waals surface area (Å²) in [6, 6.07) is 7.94. The number of carbonyl (C=O) groups is 1. The molecule has 0 aliphatic carbocycles. The number of hydrogen-bond donors (Lipinski definition) is 1. The highest BCUT2D eigenvalue weighted by molar-refractivity contribution is 5.97. The number of piperidine rings is 1. The minimum Gasteiger partial charge on any atom is -0.497 e. The third-order valence-electron chi connectivity index (χ3n) is 4.09. The SMILES string of the molecule is CCCN(CC(=O)c1ccc(OC)cc1)C1CCNCC1. The zero-order valence-electron chi connectivity index (χ0n) is 13.1. The Morgan fingerprint density at radius 1 is 1.29 bits per heavy atom. The summed E-state index contributed by atoms with van der Waals surface area (Å²) in [4.78, 5) is 14.8. The van der Waals surface area contributed by atoms with E-state index < -0.39 is 0 Å². The van der Waals surface area contributed by atoms with Gasteiger partial charge in [0.05, 0.1) is 13.7 Å². The second-order valence-electron chi connectivity index (χ2n) is 5.60. The summed E-state index contributed by atoms with van der Waals surface area (Å²) in [5.41, 5.74) is 0.769. The molecule has 0 unspecified atom stereocenters. The molecule has 4 nitrogen and oxygen atoms in total. The van der Waals surface area contributed by atoms with Gasteiger partial charge in [0.1, 0.15) is 5.75 Å². The molecule has 1 N–H and O–H groups in total. The Labute approximate surface area is 127 Å². The summed E-state index contributed by atoms with van der Waals surface area (Å²) in [5, 5.41) is 3.38. The fourth-order valence-electron chi connectivity index (χ4n) is 2.90. The summed E-state index contributed by atoms with van der Waals surface area (Å²) in [7, 11) is 1.64. The van der Waals surface area contributed by atoms with E-state index in [-0.39, 0.29) is 5.78 Å². The van der Waals surface area contributed by atoms with Gasteiger partial charge in [-0.3, -0.25) is 9.69 Å². The number of methoxy groups -OCH3 is 1. The van der Waals surface area contributed by atoms with Crippen LogP contribution in [0.3, 0.4) is 0 Å². The van der Waals surface area contributed by atoms with Gasteiger partial charge in [0, 0.05) is 11.6 Å². The highest BCUT2D eigenvalue weighted by Crippen LogP contribution is 2.15. The normalized spacial score (nSPS) is 16.1. The van der Waals surface area contributed by atoms with Gasteiger partial charge in [-0.2, -0.15) is 0 Å². The lowest BCUT2D eigenvalue weighted by Crippen LogP contribution is -2.45. The van der Waals surface area contributed by atoms with Crippen LogP contribution in [-0.4, -0.2) is 50.0 Å². The van der Waals surface area contributed by atoms with Crippen molar-refractivity contribution in [2.45, 2.75) is 32.2 Å². The molecule has 1 heterocycles. The van der Waals surface area contributed by atoms with Crippen molar-refractivity contribution in [2.24, 2.45) is 0 Å². The predicted molar refractivity (Wildman–Crippen MR) is 85.1 cm³/mol. The fraction of sp³-hybridized carbons (Fsp3) is 0.588. The Hall–Kier alpha value is -1.39. The molecular weight excluding hydrogens is 264 g/mol. The van der Waals surface area contributed by atoms with Crippen molar-refractivity contribution in [3.63, 3.8) is 0 Å². The van der Waals surface area contributed by atoms with Gasteiger partial charge in [0.2, 0.25) is 0 Å². The van der Waals surface area contributed by atoms with Crippen molar-refractivity contribution in [2.75, 3.05) is 33.3 Å². The number of ether oxygens (including phenoxy) is 1. The van der Waals surface area contributed by atoms with Crippen LogP contribution < -0.4 is 10.1 Å². The van der Waals surface area contributed by atoms with E-state index in [1.165, 1.54) is 0 Å². The minimum absolute atomic E-state index is 0.199. The van der Waals surface area contributed by atoms with E-state index in [0.717, 1.165) is 50.2 Å². The first-order valence-electron chi connectivity index (χ1n) is 7.86. The zero-order chi connectivity index (χ0) is 15.1. The molecule has 0 amide bonds. The average molecular weight is 290 g/mol. The standard InChI is InChI=1S/C17H26N2O2/c1-3-12-19(15-8-10-18-11-9-15)13-17(20)14-4-6-16(21-2)7-5-14/h4-7,15,18H,3,8-13H2,1-2H3. The molecule has 0 radical (unpaired) electrons. The third kappa shape index (κ3) is 4.55. The summed E-state index contributed by atoms with van der Waals surface area (Å²) in [6.45, 7) is 5.80. The molecule has 0 bridgehead atoms. The van der Waals surface area contributed by atoms with Crippen molar-refractivity contribution >= 4 is 5.78 Å². The van der Waals surface area contributed by atoms with Gasteiger partial charge >= 0.3 is 0 Å². The van der Waals surface area contributed by atoms with Crippen molar-refractivity contribution < 1.29 is 9.53 Å². The third-order valence-corrected chi connectivity index (χ3v) is 4.09. The quantitative estimate of drug-likeness (QED) is 0.783. The van der Waals surface area contributed by atoms with Gasteiger partial charge in [-0.1, -0.05) is 6.92 Å². The van der Waals surface area contributed by atoms with Crippen LogP contribution in [0.15, 0.2) is 24.3 Å². The number of benzene rings is 1. The number of Topliss-reactive ketones (excluding diaryl/α,β-unsaturated/α-hetero) is 1. The van der Waals surface area contributed by atoms with Crippen LogP contribution in [0.4, 0.5) is 0 Å². The molecule has 0 atom stereocenters. The van der Waals surface area contributed by atoms with E-state index in [2.05, 4.69) is 17.1 Å². The highest BCUT2D eigenvalue weighted by Gasteiger charge is 2.22. The van der Waals surface area contributed by atoms with Crippen LogP contribution >= 0.6 is 0 Å². The predicted octanol–water partition coefficient (Wildman–Crippen LogP) is 2.34. The van der Waals surface area contributed by atoms with Gasteiger partial charge in [-0.25, -0.2) is 0 Å². The highest BCUT2D eigenvalue weighted by atomic mass is 16.5. The summed E-state index contributed by atoms with van der Waals surface area (Å²) in [5.74, 6) is 0.986. The van der Waals surface area contributed by atoms with Gasteiger partial charge in [0.25, 0.3) is 0 Å². The van der Waals surface area contributed by atoms with Crippen LogP contribution in [0.25, 0.3) is 0 Å². The van der Waals surface area contributed by atoms with E-state index in [9.17, 15) is 4.79 Å². The molecule has 1 aromatic carbocycles. The number of nitrogens with zero attached hydrogens (tertiary/aromatic N) is 1. The molecule has 0 saturated carbocycles. The second-order valence-corrected chi connectivity index (χ2v) is 5.60. The van der Waals surface area contributed by atoms with Crippen molar-refractivity contribution in [1.82, 2.24) is 10.2 Å². The number of ketones is 1. The maximum Gasteiger partial charge on any atom is 0.176 e. The lowest BCUT2D eigenvalue weighted by atomic mass is 10.0. The van der Waals surface area contributed by atoms with Crippen LogP contribution in [0, 0.1) is 0 Å². The number of carbonyl (C=O) groups excluding carboxylic acids is 1. The largest absolute Gasteiger partial charge is 0.497 e. The molecule has 0 spiro atoms. The number of rotatable bonds is 7. The molecule has 1 aliphatic heterocycles. The molecule has 1 saturated heterocycles. The fourth-order valence-corrected chi connectivity index (χ4v) is 2.90. The van der Waals surface area contributed by atoms with Gasteiger partial charge < -0.3 is 10.1 Å². The van der Waals surface area contributed by atoms with Gasteiger partial charge in [-0.05, 0) is 63.2 Å². The molecule has 1 aliphatic rings. The lowest BCUT2D eigenvalue weighted by Gasteiger charge is -2.34. The second kappa shape index (κ2) is 8.15. The number of nitrogens with one attached hydrogen (secondary N) is 1. The maximum atomic E-state index is 12.5. The first-order chi connectivity index (χ1) is 10.2. The monoisotopic (exact) mass is 290 g/mol. The maximum absolute atomic E-state index is 12.5. The molecule has 0 aromatic heterocycles. The van der Waals surface area contributed by atoms with E-state index >= 15 is 0 Å². The van der Waals surface area contributed by atoms with Crippen LogP contribution in [0.1, 0.15) is 36.5 Å². The Bertz CT molecular complexity index is 439. The van der Waals surface area contributed by atoms with Crippen molar-refractivity contribution in [1.29, 1.82) is 0 Å². The first kappa shape index (κ1) is 16.0. The molecule has 1 fully saturated rings. The van der Waals surface area contributed by atoms with E-state index in [0.29, 0.717) is 12.6 Å². The minimum atomic E-state index is 0.199. The first-order valence-corrected chi connectivity index (χ1v) is 7.86. The Morgan fingerprint density at radius 3 is 2.52 bits per heavy atom.